The van der Waals surface area contributed by atoms with Crippen LogP contribution in [-0.2, 0) is 13.1 Å². The Morgan fingerprint density at radius 1 is 1.37 bits per heavy atom. The van der Waals surface area contributed by atoms with E-state index in [2.05, 4.69) is 21.8 Å². The molecule has 1 heterocycles. The van der Waals surface area contributed by atoms with Crippen LogP contribution < -0.4 is 5.32 Å². The SMILES string of the molecule is CCCn1cncc1CNCC1CCCCC1CO. The van der Waals surface area contributed by atoms with E-state index in [1.807, 2.05) is 12.5 Å². The molecule has 1 aliphatic rings. The number of imidazole rings is 1. The maximum Gasteiger partial charge on any atom is 0.0948 e. The molecule has 2 unspecified atom stereocenters. The van der Waals surface area contributed by atoms with Crippen LogP contribution >= 0.6 is 0 Å². The summed E-state index contributed by atoms with van der Waals surface area (Å²) in [5.41, 5.74) is 1.26. The largest absolute Gasteiger partial charge is 0.396 e. The number of nitrogens with zero attached hydrogens (tertiary/aromatic N) is 2. The van der Waals surface area contributed by atoms with Gasteiger partial charge < -0.3 is 15.0 Å². The highest BCUT2D eigenvalue weighted by Crippen LogP contribution is 2.29. The maximum atomic E-state index is 9.42. The number of hydrogen-bond acceptors (Lipinski definition) is 3. The van der Waals surface area contributed by atoms with Crippen LogP contribution in [0.15, 0.2) is 12.5 Å². The first-order valence-electron chi connectivity index (χ1n) is 7.65. The van der Waals surface area contributed by atoms with E-state index in [1.54, 1.807) is 0 Å². The minimum atomic E-state index is 0.347. The van der Waals surface area contributed by atoms with Crippen LogP contribution in [0.1, 0.15) is 44.7 Å². The number of rotatable bonds is 7. The summed E-state index contributed by atoms with van der Waals surface area (Å²) in [6.45, 7) is 5.47. The molecule has 0 bridgehead atoms. The van der Waals surface area contributed by atoms with Crippen LogP contribution in [-0.4, -0.2) is 27.8 Å². The van der Waals surface area contributed by atoms with Crippen LogP contribution in [0.3, 0.4) is 0 Å². The van der Waals surface area contributed by atoms with Gasteiger partial charge in [0.25, 0.3) is 0 Å². The molecule has 0 radical (unpaired) electrons. The second kappa shape index (κ2) is 7.65. The zero-order valence-electron chi connectivity index (χ0n) is 12.0. The minimum absolute atomic E-state index is 0.347. The Morgan fingerprint density at radius 3 is 2.89 bits per heavy atom. The fraction of sp³-hybridized carbons (Fsp3) is 0.800. The summed E-state index contributed by atoms with van der Waals surface area (Å²) < 4.78 is 2.22. The number of aliphatic hydroxyl groups is 1. The van der Waals surface area contributed by atoms with Crippen molar-refractivity contribution in [3.63, 3.8) is 0 Å². The molecule has 4 heteroatoms. The molecule has 1 aromatic rings. The Bertz CT molecular complexity index is 364. The molecule has 108 valence electrons. The molecule has 2 N–H and O–H groups in total. The summed E-state index contributed by atoms with van der Waals surface area (Å²) in [4.78, 5) is 4.22. The van der Waals surface area contributed by atoms with Crippen molar-refractivity contribution in [2.24, 2.45) is 11.8 Å². The highest BCUT2D eigenvalue weighted by molar-refractivity contribution is 4.98. The molecule has 0 amide bonds. The van der Waals surface area contributed by atoms with Crippen LogP contribution in [0.2, 0.25) is 0 Å². The average molecular weight is 265 g/mol. The van der Waals surface area contributed by atoms with Gasteiger partial charge in [-0.1, -0.05) is 19.8 Å². The minimum Gasteiger partial charge on any atom is -0.396 e. The van der Waals surface area contributed by atoms with E-state index >= 15 is 0 Å². The summed E-state index contributed by atoms with van der Waals surface area (Å²) in [6.07, 6.45) is 10.0. The van der Waals surface area contributed by atoms with Gasteiger partial charge in [0.05, 0.1) is 12.0 Å². The molecule has 1 aromatic heterocycles. The Balaban J connectivity index is 1.77. The van der Waals surface area contributed by atoms with E-state index in [4.69, 9.17) is 0 Å². The third-order valence-electron chi connectivity index (χ3n) is 4.28. The summed E-state index contributed by atoms with van der Waals surface area (Å²) in [7, 11) is 0. The van der Waals surface area contributed by atoms with Crippen LogP contribution in [0.5, 0.6) is 0 Å². The predicted molar refractivity (Wildman–Crippen MR) is 76.8 cm³/mol. The topological polar surface area (TPSA) is 50.1 Å². The molecule has 0 spiro atoms. The van der Waals surface area contributed by atoms with Crippen molar-refractivity contribution >= 4 is 0 Å². The maximum absolute atomic E-state index is 9.42. The number of hydrogen-bond donors (Lipinski definition) is 2. The van der Waals surface area contributed by atoms with Gasteiger partial charge in [-0.05, 0) is 37.6 Å². The van der Waals surface area contributed by atoms with Gasteiger partial charge in [-0.3, -0.25) is 0 Å². The quantitative estimate of drug-likeness (QED) is 0.794. The Labute approximate surface area is 116 Å². The van der Waals surface area contributed by atoms with Gasteiger partial charge in [0.15, 0.2) is 0 Å². The monoisotopic (exact) mass is 265 g/mol. The number of nitrogens with one attached hydrogen (secondary N) is 1. The lowest BCUT2D eigenvalue weighted by molar-refractivity contribution is 0.133. The summed E-state index contributed by atoms with van der Waals surface area (Å²) in [5, 5.41) is 13.0. The second-order valence-corrected chi connectivity index (χ2v) is 5.70. The molecule has 19 heavy (non-hydrogen) atoms. The highest BCUT2D eigenvalue weighted by Gasteiger charge is 2.23. The fourth-order valence-electron chi connectivity index (χ4n) is 3.12. The van der Waals surface area contributed by atoms with Crippen molar-refractivity contribution in [2.45, 2.75) is 52.1 Å². The second-order valence-electron chi connectivity index (χ2n) is 5.70. The van der Waals surface area contributed by atoms with Crippen molar-refractivity contribution in [3.05, 3.63) is 18.2 Å². The Morgan fingerprint density at radius 2 is 2.16 bits per heavy atom. The molecule has 2 rings (SSSR count). The van der Waals surface area contributed by atoms with Gasteiger partial charge in [0.1, 0.15) is 0 Å². The standard InChI is InChI=1S/C15H27N3O/c1-2-7-18-12-17-10-15(18)9-16-8-13-5-3-4-6-14(13)11-19/h10,12-14,16,19H,2-9,11H2,1H3. The lowest BCUT2D eigenvalue weighted by Crippen LogP contribution is -2.32. The van der Waals surface area contributed by atoms with Gasteiger partial charge in [0.2, 0.25) is 0 Å². The summed E-state index contributed by atoms with van der Waals surface area (Å²) >= 11 is 0. The molecule has 1 saturated carbocycles. The van der Waals surface area contributed by atoms with Crippen molar-refractivity contribution in [1.29, 1.82) is 0 Å². The van der Waals surface area contributed by atoms with Crippen molar-refractivity contribution in [3.8, 4) is 0 Å². The van der Waals surface area contributed by atoms with E-state index < -0.39 is 0 Å². The predicted octanol–water partition coefficient (Wildman–Crippen LogP) is 2.18. The van der Waals surface area contributed by atoms with Crippen LogP contribution in [0.4, 0.5) is 0 Å². The van der Waals surface area contributed by atoms with Gasteiger partial charge in [-0.25, -0.2) is 4.98 Å². The average Bonchev–Trinajstić information content (AvgIpc) is 2.87. The van der Waals surface area contributed by atoms with E-state index in [-0.39, 0.29) is 0 Å². The van der Waals surface area contributed by atoms with E-state index in [1.165, 1.54) is 31.4 Å². The van der Waals surface area contributed by atoms with Gasteiger partial charge in [0, 0.05) is 25.9 Å². The third-order valence-corrected chi connectivity index (χ3v) is 4.28. The lowest BCUT2D eigenvalue weighted by Gasteiger charge is -2.30. The zero-order chi connectivity index (χ0) is 13.5. The number of aryl methyl sites for hydroxylation is 1. The van der Waals surface area contributed by atoms with E-state index in [9.17, 15) is 5.11 Å². The fourth-order valence-corrected chi connectivity index (χ4v) is 3.12. The first-order chi connectivity index (χ1) is 9.35. The summed E-state index contributed by atoms with van der Waals surface area (Å²) in [6, 6.07) is 0. The van der Waals surface area contributed by atoms with Crippen LogP contribution in [0.25, 0.3) is 0 Å². The molecule has 4 nitrogen and oxygen atoms in total. The van der Waals surface area contributed by atoms with Gasteiger partial charge in [-0.15, -0.1) is 0 Å². The molecule has 0 aromatic carbocycles. The Kier molecular flexibility index (Phi) is 5.86. The summed E-state index contributed by atoms with van der Waals surface area (Å²) in [5.74, 6) is 1.14. The van der Waals surface area contributed by atoms with E-state index in [0.717, 1.165) is 26.1 Å². The van der Waals surface area contributed by atoms with E-state index in [0.29, 0.717) is 18.4 Å². The molecule has 1 fully saturated rings. The molecule has 0 saturated heterocycles. The molecular weight excluding hydrogens is 238 g/mol. The third kappa shape index (κ3) is 4.05. The van der Waals surface area contributed by atoms with Crippen molar-refractivity contribution in [1.82, 2.24) is 14.9 Å². The number of aromatic nitrogens is 2. The molecule has 1 aliphatic carbocycles. The zero-order valence-corrected chi connectivity index (χ0v) is 12.0. The Hall–Kier alpha value is -0.870. The normalized spacial score (nSPS) is 23.7. The molecule has 0 aliphatic heterocycles. The molecular formula is C15H27N3O. The van der Waals surface area contributed by atoms with Crippen molar-refractivity contribution < 1.29 is 5.11 Å². The van der Waals surface area contributed by atoms with Gasteiger partial charge >= 0.3 is 0 Å². The van der Waals surface area contributed by atoms with Gasteiger partial charge in [-0.2, -0.15) is 0 Å². The first-order valence-corrected chi connectivity index (χ1v) is 7.65. The first kappa shape index (κ1) is 14.5. The highest BCUT2D eigenvalue weighted by atomic mass is 16.3. The van der Waals surface area contributed by atoms with Crippen molar-refractivity contribution in [2.75, 3.05) is 13.2 Å². The lowest BCUT2D eigenvalue weighted by atomic mass is 9.79. The number of aliphatic hydroxyl groups excluding tert-OH is 1. The smallest absolute Gasteiger partial charge is 0.0948 e. The van der Waals surface area contributed by atoms with Crippen LogP contribution in [0, 0.1) is 11.8 Å². The molecule has 2 atom stereocenters.